The van der Waals surface area contributed by atoms with E-state index in [1.54, 1.807) is 0 Å². The van der Waals surface area contributed by atoms with Gasteiger partial charge in [-0.15, -0.1) is 0 Å². The van der Waals surface area contributed by atoms with Crippen LogP contribution in [0.1, 0.15) is 90.9 Å². The highest BCUT2D eigenvalue weighted by molar-refractivity contribution is 7.45. The van der Waals surface area contributed by atoms with Gasteiger partial charge in [0.1, 0.15) is 13.2 Å². The minimum Gasteiger partial charge on any atom is -0.756 e. The summed E-state index contributed by atoms with van der Waals surface area (Å²) in [5.74, 6) is -0.0356. The van der Waals surface area contributed by atoms with Crippen molar-refractivity contribution in [2.24, 2.45) is 0 Å². The first-order valence-electron chi connectivity index (χ1n) is 12.9. The topological polar surface area (TPSA) is 96.9 Å². The zero-order valence-electron chi connectivity index (χ0n) is 21.9. The molecule has 9 heteroatoms. The van der Waals surface area contributed by atoms with Crippen molar-refractivity contribution in [1.82, 2.24) is 5.32 Å². The fourth-order valence-corrected chi connectivity index (χ4v) is 3.84. The third kappa shape index (κ3) is 23.0. The lowest BCUT2D eigenvalue weighted by Gasteiger charge is -2.28. The summed E-state index contributed by atoms with van der Waals surface area (Å²) in [5, 5.41) is 2.86. The van der Waals surface area contributed by atoms with E-state index in [1.165, 1.54) is 44.9 Å². The number of amides is 1. The Labute approximate surface area is 202 Å². The maximum absolute atomic E-state index is 12.2. The molecule has 0 aromatic rings. The highest BCUT2D eigenvalue weighted by atomic mass is 31.2. The number of phosphoric ester groups is 1. The number of hydrogen-bond donors (Lipinski definition) is 1. The number of hydrogen-bond acceptors (Lipinski definition) is 6. The summed E-state index contributed by atoms with van der Waals surface area (Å²) in [7, 11) is 1.45. The summed E-state index contributed by atoms with van der Waals surface area (Å²) in [6, 6.07) is 0. The van der Waals surface area contributed by atoms with Gasteiger partial charge in [0.2, 0.25) is 5.91 Å². The smallest absolute Gasteiger partial charge is 0.268 e. The largest absolute Gasteiger partial charge is 0.756 e. The highest BCUT2D eigenvalue weighted by Gasteiger charge is 2.18. The lowest BCUT2D eigenvalue weighted by Crippen LogP contribution is -2.38. The van der Waals surface area contributed by atoms with Crippen molar-refractivity contribution >= 4 is 13.7 Å². The average molecular weight is 495 g/mol. The molecule has 1 amide bonds. The molecule has 0 rings (SSSR count). The second kappa shape index (κ2) is 19.8. The van der Waals surface area contributed by atoms with Gasteiger partial charge >= 0.3 is 0 Å². The Morgan fingerprint density at radius 3 is 2.03 bits per heavy atom. The standard InChI is InChI=1S/C24H51N2O6P/c1-6-8-10-11-12-13-14-15-16-17-24(27)25-21-23(30-19-9-7-2)22-32-33(28,29)31-20-18-26(3,4)5/h23H,6-22H2,1-5H3,(H-,25,27,28,29). The number of phosphoric acid groups is 1. The van der Waals surface area contributed by atoms with Gasteiger partial charge in [-0.2, -0.15) is 0 Å². The van der Waals surface area contributed by atoms with Crippen LogP contribution in [-0.2, 0) is 23.1 Å². The van der Waals surface area contributed by atoms with Gasteiger partial charge in [0.05, 0.1) is 33.9 Å². The lowest BCUT2D eigenvalue weighted by atomic mass is 10.1. The monoisotopic (exact) mass is 494 g/mol. The summed E-state index contributed by atoms with van der Waals surface area (Å²) in [4.78, 5) is 24.2. The van der Waals surface area contributed by atoms with E-state index in [0.29, 0.717) is 24.1 Å². The Morgan fingerprint density at radius 2 is 1.45 bits per heavy atom. The zero-order valence-corrected chi connectivity index (χ0v) is 22.8. The molecule has 0 saturated heterocycles. The molecule has 0 aliphatic heterocycles. The molecular weight excluding hydrogens is 443 g/mol. The van der Waals surface area contributed by atoms with E-state index in [2.05, 4.69) is 19.2 Å². The molecule has 0 aromatic carbocycles. The number of ether oxygens (including phenoxy) is 1. The van der Waals surface area contributed by atoms with E-state index in [4.69, 9.17) is 13.8 Å². The second-order valence-electron chi connectivity index (χ2n) is 9.82. The van der Waals surface area contributed by atoms with Crippen LogP contribution >= 0.6 is 7.82 Å². The number of likely N-dealkylation sites (N-methyl/N-ethyl adjacent to an activating group) is 1. The number of nitrogens with one attached hydrogen (secondary N) is 1. The quantitative estimate of drug-likeness (QED) is 0.128. The first-order valence-corrected chi connectivity index (χ1v) is 14.3. The SMILES string of the molecule is CCCCCCCCCCCC(=O)NCC(COP(=O)([O-])OCC[N+](C)(C)C)OCCCC. The molecule has 0 radical (unpaired) electrons. The summed E-state index contributed by atoms with van der Waals surface area (Å²) >= 11 is 0. The van der Waals surface area contributed by atoms with Gasteiger partial charge in [-0.1, -0.05) is 71.6 Å². The van der Waals surface area contributed by atoms with E-state index < -0.39 is 13.9 Å². The molecule has 8 nitrogen and oxygen atoms in total. The predicted molar refractivity (Wildman–Crippen MR) is 132 cm³/mol. The summed E-state index contributed by atoms with van der Waals surface area (Å²) in [6.07, 6.45) is 12.6. The van der Waals surface area contributed by atoms with E-state index in [9.17, 15) is 14.3 Å². The molecule has 0 aliphatic rings. The molecule has 1 N–H and O–H groups in total. The molecule has 0 spiro atoms. The van der Waals surface area contributed by atoms with Crippen LogP contribution in [0.2, 0.25) is 0 Å². The number of rotatable bonds is 23. The van der Waals surface area contributed by atoms with Crippen molar-refractivity contribution in [2.45, 2.75) is 97.0 Å². The van der Waals surface area contributed by atoms with E-state index in [0.717, 1.165) is 25.7 Å². The lowest BCUT2D eigenvalue weighted by molar-refractivity contribution is -0.870. The van der Waals surface area contributed by atoms with Crippen molar-refractivity contribution in [1.29, 1.82) is 0 Å². The number of nitrogens with zero attached hydrogens (tertiary/aromatic N) is 1. The molecule has 2 atom stereocenters. The molecule has 0 saturated carbocycles. The number of carbonyl (C=O) groups is 1. The average Bonchev–Trinajstić information content (AvgIpc) is 2.73. The fraction of sp³-hybridized carbons (Fsp3) is 0.958. The fourth-order valence-electron chi connectivity index (χ4n) is 3.11. The zero-order chi connectivity index (χ0) is 25.0. The Bertz CT molecular complexity index is 528. The first kappa shape index (κ1) is 32.5. The van der Waals surface area contributed by atoms with Crippen molar-refractivity contribution in [3.63, 3.8) is 0 Å². The van der Waals surface area contributed by atoms with Gasteiger partial charge in [0, 0.05) is 19.6 Å². The van der Waals surface area contributed by atoms with E-state index in [-0.39, 0.29) is 25.7 Å². The van der Waals surface area contributed by atoms with E-state index >= 15 is 0 Å². The minimum atomic E-state index is -4.41. The molecule has 33 heavy (non-hydrogen) atoms. The van der Waals surface area contributed by atoms with Crippen LogP contribution in [0, 0.1) is 0 Å². The van der Waals surface area contributed by atoms with Crippen LogP contribution in [0.15, 0.2) is 0 Å². The number of carbonyl (C=O) groups excluding carboxylic acids is 1. The van der Waals surface area contributed by atoms with Crippen molar-refractivity contribution in [3.8, 4) is 0 Å². The maximum atomic E-state index is 12.2. The van der Waals surface area contributed by atoms with E-state index in [1.807, 2.05) is 21.1 Å². The molecule has 0 aromatic heterocycles. The van der Waals surface area contributed by atoms with Gasteiger partial charge < -0.3 is 28.5 Å². The van der Waals surface area contributed by atoms with Gasteiger partial charge in [-0.25, -0.2) is 0 Å². The Morgan fingerprint density at radius 1 is 0.879 bits per heavy atom. The van der Waals surface area contributed by atoms with Crippen LogP contribution in [-0.4, -0.2) is 70.5 Å². The van der Waals surface area contributed by atoms with Gasteiger partial charge in [-0.05, 0) is 12.8 Å². The minimum absolute atomic E-state index is 0.0356. The second-order valence-corrected chi connectivity index (χ2v) is 11.2. The Balaban J connectivity index is 4.16. The molecular formula is C24H51N2O6P. The molecule has 0 bridgehead atoms. The van der Waals surface area contributed by atoms with Crippen molar-refractivity contribution < 1.29 is 32.5 Å². The molecule has 0 heterocycles. The van der Waals surface area contributed by atoms with Gasteiger partial charge in [-0.3, -0.25) is 9.36 Å². The molecule has 0 fully saturated rings. The van der Waals surface area contributed by atoms with Crippen LogP contribution in [0.3, 0.4) is 0 Å². The summed E-state index contributed by atoms with van der Waals surface area (Å²) < 4.78 is 28.3. The van der Waals surface area contributed by atoms with Crippen molar-refractivity contribution in [2.75, 3.05) is 54.1 Å². The number of quaternary nitrogens is 1. The molecule has 198 valence electrons. The third-order valence-electron chi connectivity index (χ3n) is 5.32. The first-order chi connectivity index (χ1) is 15.6. The normalized spacial score (nSPS) is 14.7. The summed E-state index contributed by atoms with van der Waals surface area (Å²) in [5.41, 5.74) is 0. The Kier molecular flexibility index (Phi) is 19.5. The Hall–Kier alpha value is -0.500. The van der Waals surface area contributed by atoms with Crippen LogP contribution in [0.5, 0.6) is 0 Å². The van der Waals surface area contributed by atoms with Crippen LogP contribution in [0.4, 0.5) is 0 Å². The van der Waals surface area contributed by atoms with Crippen molar-refractivity contribution in [3.05, 3.63) is 0 Å². The molecule has 2 unspecified atom stereocenters. The number of unbranched alkanes of at least 4 members (excludes halogenated alkanes) is 9. The third-order valence-corrected chi connectivity index (χ3v) is 6.28. The van der Waals surface area contributed by atoms with Gasteiger partial charge in [0.25, 0.3) is 7.82 Å². The predicted octanol–water partition coefficient (Wildman–Crippen LogP) is 4.42. The maximum Gasteiger partial charge on any atom is 0.268 e. The van der Waals surface area contributed by atoms with Crippen LogP contribution in [0.25, 0.3) is 0 Å². The summed E-state index contributed by atoms with van der Waals surface area (Å²) in [6.45, 7) is 5.41. The van der Waals surface area contributed by atoms with Crippen LogP contribution < -0.4 is 10.2 Å². The molecule has 0 aliphatic carbocycles. The highest BCUT2D eigenvalue weighted by Crippen LogP contribution is 2.38. The van der Waals surface area contributed by atoms with Gasteiger partial charge in [0.15, 0.2) is 0 Å².